The second-order valence-corrected chi connectivity index (χ2v) is 3.71. The number of nitrogens with one attached hydrogen (secondary N) is 1. The molecule has 0 radical (unpaired) electrons. The van der Waals surface area contributed by atoms with E-state index in [-0.39, 0.29) is 5.92 Å². The first-order valence-corrected chi connectivity index (χ1v) is 4.88. The predicted molar refractivity (Wildman–Crippen MR) is 57.8 cm³/mol. The molecule has 2 aromatic heterocycles. The molecule has 0 aliphatic carbocycles. The summed E-state index contributed by atoms with van der Waals surface area (Å²) in [6.07, 6.45) is 5.42. The van der Waals surface area contributed by atoms with Gasteiger partial charge in [0.05, 0.1) is 11.6 Å². The molecule has 5 heteroatoms. The van der Waals surface area contributed by atoms with Crippen molar-refractivity contribution in [1.29, 1.82) is 0 Å². The minimum absolute atomic E-state index is 0.274. The van der Waals surface area contributed by atoms with Crippen molar-refractivity contribution in [2.45, 2.75) is 5.92 Å². The molecule has 1 aliphatic rings. The largest absolute Gasteiger partial charge is 0.346 e. The number of aromatic amines is 1. The molecule has 0 fully saturated rings. The number of rotatable bonds is 1. The van der Waals surface area contributed by atoms with Crippen LogP contribution in [0, 0.1) is 0 Å². The highest BCUT2D eigenvalue weighted by Gasteiger charge is 2.20. The second kappa shape index (κ2) is 3.05. The van der Waals surface area contributed by atoms with Crippen molar-refractivity contribution in [3.63, 3.8) is 0 Å². The molecule has 2 aromatic rings. The lowest BCUT2D eigenvalue weighted by Crippen LogP contribution is -2.13. The molecule has 1 unspecified atom stereocenters. The molecule has 3 heterocycles. The minimum atomic E-state index is 0.274. The third-order valence-electron chi connectivity index (χ3n) is 2.64. The molecule has 0 amide bonds. The maximum atomic E-state index is 4.35. The lowest BCUT2D eigenvalue weighted by Gasteiger charge is -2.09. The Balaban J connectivity index is 2.11. The van der Waals surface area contributed by atoms with E-state index in [2.05, 4.69) is 20.1 Å². The van der Waals surface area contributed by atoms with Gasteiger partial charge in [-0.15, -0.1) is 0 Å². The zero-order valence-corrected chi connectivity index (χ0v) is 8.38. The third kappa shape index (κ3) is 1.27. The summed E-state index contributed by atoms with van der Waals surface area (Å²) in [6, 6.07) is 2.01. The number of H-pyrrole nitrogens is 1. The van der Waals surface area contributed by atoms with Crippen LogP contribution in [0.1, 0.15) is 11.6 Å². The molecule has 1 atom stereocenters. The van der Waals surface area contributed by atoms with Gasteiger partial charge in [0.25, 0.3) is 0 Å². The zero-order chi connectivity index (χ0) is 10.3. The van der Waals surface area contributed by atoms with Crippen LogP contribution in [0.5, 0.6) is 0 Å². The molecule has 0 bridgehead atoms. The lowest BCUT2D eigenvalue weighted by atomic mass is 10.1. The average Bonchev–Trinajstić information content (AvgIpc) is 2.84. The first-order chi connectivity index (χ1) is 7.34. The number of hydrazone groups is 1. The first-order valence-electron chi connectivity index (χ1n) is 4.88. The molecule has 0 saturated heterocycles. The molecular formula is C10H11N5. The van der Waals surface area contributed by atoms with Crippen LogP contribution in [-0.4, -0.2) is 39.8 Å². The SMILES string of the molecule is CN1CC(c2ncnc3[nH]ccc23)C=N1. The summed E-state index contributed by atoms with van der Waals surface area (Å²) in [7, 11) is 1.96. The summed E-state index contributed by atoms with van der Waals surface area (Å²) in [6.45, 7) is 0.886. The number of hydrogen-bond acceptors (Lipinski definition) is 4. The summed E-state index contributed by atoms with van der Waals surface area (Å²) in [5.41, 5.74) is 1.94. The maximum Gasteiger partial charge on any atom is 0.140 e. The monoisotopic (exact) mass is 201 g/mol. The smallest absolute Gasteiger partial charge is 0.140 e. The molecule has 0 saturated carbocycles. The van der Waals surface area contributed by atoms with E-state index in [9.17, 15) is 0 Å². The summed E-state index contributed by atoms with van der Waals surface area (Å²) < 4.78 is 0. The standard InChI is InChI=1S/C10H11N5/c1-15-5-7(4-14-15)9-8-2-3-11-10(8)13-6-12-9/h2-4,6-7H,5H2,1H3,(H,11,12,13). The fraction of sp³-hybridized carbons (Fsp3) is 0.300. The Morgan fingerprint density at radius 2 is 2.40 bits per heavy atom. The normalized spacial score (nSPS) is 20.3. The van der Waals surface area contributed by atoms with Crippen molar-refractivity contribution in [1.82, 2.24) is 20.0 Å². The van der Waals surface area contributed by atoms with Crippen molar-refractivity contribution in [3.8, 4) is 0 Å². The summed E-state index contributed by atoms with van der Waals surface area (Å²) in [5, 5.41) is 7.23. The Morgan fingerprint density at radius 3 is 3.20 bits per heavy atom. The Hall–Kier alpha value is -1.91. The minimum Gasteiger partial charge on any atom is -0.346 e. The van der Waals surface area contributed by atoms with E-state index >= 15 is 0 Å². The number of hydrogen-bond donors (Lipinski definition) is 1. The van der Waals surface area contributed by atoms with Gasteiger partial charge < -0.3 is 4.98 Å². The van der Waals surface area contributed by atoms with Crippen molar-refractivity contribution in [3.05, 3.63) is 24.3 Å². The van der Waals surface area contributed by atoms with Crippen molar-refractivity contribution in [2.75, 3.05) is 13.6 Å². The highest BCUT2D eigenvalue weighted by Crippen LogP contribution is 2.23. The van der Waals surface area contributed by atoms with Gasteiger partial charge in [-0.25, -0.2) is 9.97 Å². The highest BCUT2D eigenvalue weighted by molar-refractivity contribution is 5.83. The Kier molecular flexibility index (Phi) is 1.71. The van der Waals surface area contributed by atoms with Gasteiger partial charge in [-0.2, -0.15) is 5.10 Å². The molecular weight excluding hydrogens is 190 g/mol. The summed E-state index contributed by atoms with van der Waals surface area (Å²) in [5.74, 6) is 0.274. The van der Waals surface area contributed by atoms with Gasteiger partial charge in [0.1, 0.15) is 12.0 Å². The molecule has 5 nitrogen and oxygen atoms in total. The average molecular weight is 201 g/mol. The van der Waals surface area contributed by atoms with Gasteiger partial charge in [-0.1, -0.05) is 0 Å². The van der Waals surface area contributed by atoms with Crippen LogP contribution in [0.3, 0.4) is 0 Å². The van der Waals surface area contributed by atoms with Crippen LogP contribution in [0.15, 0.2) is 23.7 Å². The van der Waals surface area contributed by atoms with Crippen molar-refractivity contribution < 1.29 is 0 Å². The van der Waals surface area contributed by atoms with E-state index in [1.807, 2.05) is 30.5 Å². The number of likely N-dealkylation sites (N-methyl/N-ethyl adjacent to an activating group) is 1. The summed E-state index contributed by atoms with van der Waals surface area (Å²) in [4.78, 5) is 11.6. The molecule has 76 valence electrons. The van der Waals surface area contributed by atoms with Crippen LogP contribution in [-0.2, 0) is 0 Å². The molecule has 3 rings (SSSR count). The molecule has 0 spiro atoms. The third-order valence-corrected chi connectivity index (χ3v) is 2.64. The number of fused-ring (bicyclic) bond motifs is 1. The van der Waals surface area contributed by atoms with Crippen LogP contribution < -0.4 is 0 Å². The van der Waals surface area contributed by atoms with Crippen LogP contribution >= 0.6 is 0 Å². The molecule has 0 aromatic carbocycles. The Morgan fingerprint density at radius 1 is 1.47 bits per heavy atom. The van der Waals surface area contributed by atoms with Gasteiger partial charge in [0, 0.05) is 31.4 Å². The van der Waals surface area contributed by atoms with Gasteiger partial charge >= 0.3 is 0 Å². The molecule has 1 aliphatic heterocycles. The van der Waals surface area contributed by atoms with Crippen molar-refractivity contribution in [2.24, 2.45) is 5.10 Å². The van der Waals surface area contributed by atoms with Crippen LogP contribution in [0.25, 0.3) is 11.0 Å². The Labute approximate surface area is 86.8 Å². The van der Waals surface area contributed by atoms with Crippen LogP contribution in [0.4, 0.5) is 0 Å². The maximum absolute atomic E-state index is 4.35. The van der Waals surface area contributed by atoms with Gasteiger partial charge in [0.15, 0.2) is 0 Å². The van der Waals surface area contributed by atoms with Crippen molar-refractivity contribution >= 4 is 17.2 Å². The van der Waals surface area contributed by atoms with Gasteiger partial charge in [0.2, 0.25) is 0 Å². The molecule has 1 N–H and O–H groups in total. The zero-order valence-electron chi connectivity index (χ0n) is 8.38. The number of nitrogens with zero attached hydrogens (tertiary/aromatic N) is 4. The summed E-state index contributed by atoms with van der Waals surface area (Å²) >= 11 is 0. The second-order valence-electron chi connectivity index (χ2n) is 3.71. The highest BCUT2D eigenvalue weighted by atomic mass is 15.4. The van der Waals surface area contributed by atoms with E-state index in [0.29, 0.717) is 0 Å². The molecule has 15 heavy (non-hydrogen) atoms. The van der Waals surface area contributed by atoms with E-state index in [1.165, 1.54) is 0 Å². The van der Waals surface area contributed by atoms with E-state index in [1.54, 1.807) is 6.33 Å². The topological polar surface area (TPSA) is 57.2 Å². The van der Waals surface area contributed by atoms with Crippen LogP contribution in [0.2, 0.25) is 0 Å². The quantitative estimate of drug-likeness (QED) is 0.748. The van der Waals surface area contributed by atoms with Gasteiger partial charge in [-0.3, -0.25) is 5.01 Å². The van der Waals surface area contributed by atoms with Gasteiger partial charge in [-0.05, 0) is 6.07 Å². The predicted octanol–water partition coefficient (Wildman–Crippen LogP) is 0.973. The lowest BCUT2D eigenvalue weighted by molar-refractivity contribution is 0.380. The van der Waals surface area contributed by atoms with E-state index < -0.39 is 0 Å². The Bertz CT molecular complexity index is 515. The fourth-order valence-corrected chi connectivity index (χ4v) is 1.92. The van der Waals surface area contributed by atoms with E-state index in [4.69, 9.17) is 0 Å². The van der Waals surface area contributed by atoms with E-state index in [0.717, 1.165) is 23.3 Å². The first kappa shape index (κ1) is 8.40. The number of aromatic nitrogens is 3. The fourth-order valence-electron chi connectivity index (χ4n) is 1.92.